The van der Waals surface area contributed by atoms with E-state index in [2.05, 4.69) is 57.0 Å². The molecule has 0 radical (unpaired) electrons. The number of piperidine rings is 1. The normalized spacial score (nSPS) is 29.1. The van der Waals surface area contributed by atoms with Crippen molar-refractivity contribution >= 4 is 17.3 Å². The molecule has 0 bridgehead atoms. The van der Waals surface area contributed by atoms with E-state index >= 15 is 0 Å². The van der Waals surface area contributed by atoms with Crippen molar-refractivity contribution in [1.29, 1.82) is 0 Å². The smallest absolute Gasteiger partial charge is 0.190 e. The lowest BCUT2D eigenvalue weighted by atomic mass is 9.88. The molecule has 3 rings (SSSR count). The molecule has 2 N–H and O–H groups in total. The molecule has 0 aliphatic carbocycles. The maximum Gasteiger partial charge on any atom is 0.190 e. The van der Waals surface area contributed by atoms with Crippen LogP contribution in [0, 0.1) is 11.8 Å². The second-order valence-electron chi connectivity index (χ2n) is 7.59. The maximum atomic E-state index is 4.43. The molecule has 2 aliphatic rings. The van der Waals surface area contributed by atoms with E-state index in [0.29, 0.717) is 12.0 Å². The summed E-state index contributed by atoms with van der Waals surface area (Å²) in [5.41, 5.74) is 0. The van der Waals surface area contributed by atoms with Gasteiger partial charge in [-0.3, -0.25) is 9.89 Å². The average Bonchev–Trinajstić information content (AvgIpc) is 3.27. The first-order chi connectivity index (χ1) is 12.2. The van der Waals surface area contributed by atoms with Gasteiger partial charge in [0.25, 0.3) is 0 Å². The number of hydrogen-bond acceptors (Lipinski definition) is 4. The second kappa shape index (κ2) is 9.01. The number of rotatable bonds is 5. The van der Waals surface area contributed by atoms with Crippen LogP contribution < -0.4 is 10.6 Å². The van der Waals surface area contributed by atoms with Crippen LogP contribution in [0.3, 0.4) is 0 Å². The largest absolute Gasteiger partial charge is 0.356 e. The number of nitrogens with one attached hydrogen (secondary N) is 2. The maximum absolute atomic E-state index is 4.43. The zero-order valence-corrected chi connectivity index (χ0v) is 16.7. The topological polar surface area (TPSA) is 42.9 Å². The van der Waals surface area contributed by atoms with Gasteiger partial charge in [-0.05, 0) is 69.7 Å². The van der Waals surface area contributed by atoms with Crippen molar-refractivity contribution in [2.75, 3.05) is 53.9 Å². The Balaban J connectivity index is 1.51. The molecule has 0 aromatic carbocycles. The fourth-order valence-electron chi connectivity index (χ4n) is 4.26. The minimum absolute atomic E-state index is 0.530. The first-order valence-electron chi connectivity index (χ1n) is 9.54. The van der Waals surface area contributed by atoms with Crippen LogP contribution >= 0.6 is 11.3 Å². The summed E-state index contributed by atoms with van der Waals surface area (Å²) in [6.45, 7) is 5.61. The van der Waals surface area contributed by atoms with Crippen molar-refractivity contribution in [1.82, 2.24) is 20.4 Å². The van der Waals surface area contributed by atoms with E-state index < -0.39 is 0 Å². The molecule has 1 aromatic heterocycles. The number of guanidine groups is 1. The Kier molecular flexibility index (Phi) is 6.73. The van der Waals surface area contributed by atoms with Gasteiger partial charge in [-0.1, -0.05) is 6.07 Å². The molecule has 2 saturated heterocycles. The molecule has 0 amide bonds. The lowest BCUT2D eigenvalue weighted by Crippen LogP contribution is -2.45. The highest BCUT2D eigenvalue weighted by molar-refractivity contribution is 7.10. The quantitative estimate of drug-likeness (QED) is 0.622. The second-order valence-corrected chi connectivity index (χ2v) is 8.57. The molecular weight excluding hydrogens is 330 g/mol. The van der Waals surface area contributed by atoms with Gasteiger partial charge in [0.05, 0.1) is 0 Å². The van der Waals surface area contributed by atoms with E-state index in [4.69, 9.17) is 0 Å². The molecule has 0 spiro atoms. The average molecular weight is 364 g/mol. The Labute approximate surface area is 156 Å². The van der Waals surface area contributed by atoms with E-state index in [0.717, 1.165) is 25.0 Å². The highest BCUT2D eigenvalue weighted by Crippen LogP contribution is 2.36. The minimum Gasteiger partial charge on any atom is -0.356 e. The minimum atomic E-state index is 0.530. The molecule has 1 aromatic rings. The Morgan fingerprint density at radius 1 is 1.24 bits per heavy atom. The van der Waals surface area contributed by atoms with Gasteiger partial charge >= 0.3 is 0 Å². The van der Waals surface area contributed by atoms with Crippen LogP contribution in [0.25, 0.3) is 0 Å². The Morgan fingerprint density at radius 3 is 2.76 bits per heavy atom. The lowest BCUT2D eigenvalue weighted by Gasteiger charge is -2.39. The predicted molar refractivity (Wildman–Crippen MR) is 107 cm³/mol. The van der Waals surface area contributed by atoms with Gasteiger partial charge in [-0.15, -0.1) is 11.3 Å². The van der Waals surface area contributed by atoms with Crippen molar-refractivity contribution in [3.8, 4) is 0 Å². The van der Waals surface area contributed by atoms with Gasteiger partial charge in [0.1, 0.15) is 0 Å². The third-order valence-corrected chi connectivity index (χ3v) is 6.59. The third-order valence-electron chi connectivity index (χ3n) is 5.64. The van der Waals surface area contributed by atoms with E-state index in [1.807, 2.05) is 18.4 Å². The summed E-state index contributed by atoms with van der Waals surface area (Å²) in [4.78, 5) is 10.8. The van der Waals surface area contributed by atoms with E-state index in [1.165, 1.54) is 43.8 Å². The van der Waals surface area contributed by atoms with Crippen molar-refractivity contribution in [2.45, 2.75) is 25.3 Å². The molecule has 3 atom stereocenters. The molecular formula is C19H33N5S. The summed E-state index contributed by atoms with van der Waals surface area (Å²) in [5.74, 6) is 2.32. The molecule has 6 heteroatoms. The van der Waals surface area contributed by atoms with Crippen LogP contribution in [-0.2, 0) is 0 Å². The van der Waals surface area contributed by atoms with E-state index in [-0.39, 0.29) is 0 Å². The zero-order chi connectivity index (χ0) is 17.6. The number of likely N-dealkylation sites (tertiary alicyclic amines) is 2. The molecule has 3 heterocycles. The number of aliphatic imine (C=N–C) groups is 1. The summed E-state index contributed by atoms with van der Waals surface area (Å²) in [5, 5.41) is 9.32. The SMILES string of the molecule is CN=C(NCC1CCN(C)C1)NCC1CCCN(C)C1c1cccs1. The summed E-state index contributed by atoms with van der Waals surface area (Å²) in [6.07, 6.45) is 3.85. The van der Waals surface area contributed by atoms with Gasteiger partial charge in [-0.2, -0.15) is 0 Å². The first-order valence-corrected chi connectivity index (χ1v) is 10.4. The molecule has 140 valence electrons. The number of hydrogen-bond donors (Lipinski definition) is 2. The summed E-state index contributed by atoms with van der Waals surface area (Å²) in [6, 6.07) is 4.99. The Hall–Kier alpha value is -1.11. The molecule has 2 fully saturated rings. The Bertz CT molecular complexity index is 544. The van der Waals surface area contributed by atoms with Crippen LogP contribution in [-0.4, -0.2) is 69.6 Å². The fourth-order valence-corrected chi connectivity index (χ4v) is 5.25. The van der Waals surface area contributed by atoms with Crippen molar-refractivity contribution in [3.05, 3.63) is 22.4 Å². The summed E-state index contributed by atoms with van der Waals surface area (Å²) < 4.78 is 0. The van der Waals surface area contributed by atoms with Crippen LogP contribution in [0.4, 0.5) is 0 Å². The molecule has 25 heavy (non-hydrogen) atoms. The van der Waals surface area contributed by atoms with Crippen LogP contribution in [0.1, 0.15) is 30.2 Å². The lowest BCUT2D eigenvalue weighted by molar-refractivity contribution is 0.125. The van der Waals surface area contributed by atoms with E-state index in [1.54, 1.807) is 0 Å². The number of thiophene rings is 1. The highest BCUT2D eigenvalue weighted by atomic mass is 32.1. The standard InChI is InChI=1S/C19H33N5S/c1-20-19(21-12-15-8-10-23(2)14-15)22-13-16-6-4-9-24(3)18(16)17-7-5-11-25-17/h5,7,11,15-16,18H,4,6,8-10,12-14H2,1-3H3,(H2,20,21,22). The van der Waals surface area contributed by atoms with Crippen LogP contribution in [0.15, 0.2) is 22.5 Å². The van der Waals surface area contributed by atoms with Gasteiger partial charge in [0, 0.05) is 37.6 Å². The summed E-state index contributed by atoms with van der Waals surface area (Å²) >= 11 is 1.88. The highest BCUT2D eigenvalue weighted by Gasteiger charge is 2.31. The zero-order valence-electron chi connectivity index (χ0n) is 15.9. The third kappa shape index (κ3) is 4.96. The van der Waals surface area contributed by atoms with Crippen molar-refractivity contribution in [3.63, 3.8) is 0 Å². The summed E-state index contributed by atoms with van der Waals surface area (Å²) in [7, 11) is 6.34. The monoisotopic (exact) mass is 363 g/mol. The fraction of sp³-hybridized carbons (Fsp3) is 0.737. The molecule has 3 unspecified atom stereocenters. The van der Waals surface area contributed by atoms with Gasteiger partial charge in [-0.25, -0.2) is 0 Å². The molecule has 5 nitrogen and oxygen atoms in total. The molecule has 0 saturated carbocycles. The van der Waals surface area contributed by atoms with Gasteiger partial charge in [0.2, 0.25) is 0 Å². The molecule has 2 aliphatic heterocycles. The van der Waals surface area contributed by atoms with Crippen LogP contribution in [0.5, 0.6) is 0 Å². The number of nitrogens with zero attached hydrogens (tertiary/aromatic N) is 3. The van der Waals surface area contributed by atoms with Gasteiger partial charge in [0.15, 0.2) is 5.96 Å². The van der Waals surface area contributed by atoms with E-state index in [9.17, 15) is 0 Å². The van der Waals surface area contributed by atoms with Crippen LogP contribution in [0.2, 0.25) is 0 Å². The van der Waals surface area contributed by atoms with Crippen molar-refractivity contribution in [2.24, 2.45) is 16.8 Å². The Morgan fingerprint density at radius 2 is 2.08 bits per heavy atom. The first kappa shape index (κ1) is 18.7. The van der Waals surface area contributed by atoms with Gasteiger partial charge < -0.3 is 15.5 Å². The van der Waals surface area contributed by atoms with Crippen molar-refractivity contribution < 1.29 is 0 Å². The predicted octanol–water partition coefficient (Wildman–Crippen LogP) is 2.25.